The van der Waals surface area contributed by atoms with Gasteiger partial charge in [0.25, 0.3) is 0 Å². The molecule has 4 nitrogen and oxygen atoms in total. The first kappa shape index (κ1) is 13.9. The smallest absolute Gasteiger partial charge is 0.303 e. The maximum absolute atomic E-state index is 10.7. The number of rotatable bonds is 6. The number of carboxylic acid groups (broad SMARTS) is 1. The van der Waals surface area contributed by atoms with Crippen LogP contribution in [0.15, 0.2) is 18.2 Å². The predicted molar refractivity (Wildman–Crippen MR) is 75.6 cm³/mol. The van der Waals surface area contributed by atoms with E-state index in [4.69, 9.17) is 16.7 Å². The third-order valence-corrected chi connectivity index (χ3v) is 3.32. The van der Waals surface area contributed by atoms with Gasteiger partial charge in [0, 0.05) is 18.0 Å². The number of unbranched alkanes of at least 4 members (excludes halogenated alkanes) is 1. The lowest BCUT2D eigenvalue weighted by molar-refractivity contribution is -0.137. The average Bonchev–Trinajstić information content (AvgIpc) is 2.70. The Kier molecular flexibility index (Phi) is 4.43. The summed E-state index contributed by atoms with van der Waals surface area (Å²) in [5, 5.41) is 9.45. The lowest BCUT2D eigenvalue weighted by Gasteiger charge is -2.07. The zero-order chi connectivity index (χ0) is 13.8. The molecule has 0 aliphatic rings. The van der Waals surface area contributed by atoms with Crippen LogP contribution >= 0.6 is 11.6 Å². The second-order valence-electron chi connectivity index (χ2n) is 4.56. The lowest BCUT2D eigenvalue weighted by atomic mass is 10.2. The topological polar surface area (TPSA) is 55.1 Å². The van der Waals surface area contributed by atoms with Crippen molar-refractivity contribution in [2.75, 3.05) is 0 Å². The number of carboxylic acids is 1. The van der Waals surface area contributed by atoms with Crippen molar-refractivity contribution in [3.8, 4) is 0 Å². The summed E-state index contributed by atoms with van der Waals surface area (Å²) in [5.41, 5.74) is 1.86. The summed E-state index contributed by atoms with van der Waals surface area (Å²) in [4.78, 5) is 15.2. The molecule has 1 aromatic carbocycles. The van der Waals surface area contributed by atoms with E-state index in [0.717, 1.165) is 36.2 Å². The number of benzene rings is 1. The van der Waals surface area contributed by atoms with E-state index >= 15 is 0 Å². The van der Waals surface area contributed by atoms with Crippen molar-refractivity contribution in [2.45, 2.75) is 39.2 Å². The highest BCUT2D eigenvalue weighted by atomic mass is 35.5. The number of hydrogen-bond donors (Lipinski definition) is 1. The molecule has 0 radical (unpaired) electrons. The van der Waals surface area contributed by atoms with Crippen molar-refractivity contribution >= 4 is 28.6 Å². The highest BCUT2D eigenvalue weighted by Gasteiger charge is 2.12. The van der Waals surface area contributed by atoms with Crippen LogP contribution in [-0.4, -0.2) is 20.6 Å². The van der Waals surface area contributed by atoms with Gasteiger partial charge in [-0.15, -0.1) is 0 Å². The number of halogens is 1. The quantitative estimate of drug-likeness (QED) is 0.881. The van der Waals surface area contributed by atoms with Gasteiger partial charge < -0.3 is 9.67 Å². The first-order valence-electron chi connectivity index (χ1n) is 6.48. The number of hydrogen-bond acceptors (Lipinski definition) is 2. The second kappa shape index (κ2) is 6.06. The molecule has 1 N–H and O–H groups in total. The number of imidazole rings is 1. The van der Waals surface area contributed by atoms with Crippen molar-refractivity contribution < 1.29 is 9.90 Å². The van der Waals surface area contributed by atoms with Crippen LogP contribution in [0.1, 0.15) is 32.0 Å². The van der Waals surface area contributed by atoms with Gasteiger partial charge in [0.1, 0.15) is 5.82 Å². The summed E-state index contributed by atoms with van der Waals surface area (Å²) in [7, 11) is 0. The SMILES string of the molecule is CCCCn1c(CCC(=O)O)nc2cc(Cl)ccc21. The molecule has 1 heterocycles. The molecule has 0 amide bonds. The summed E-state index contributed by atoms with van der Waals surface area (Å²) >= 11 is 5.97. The molecule has 2 aromatic rings. The third kappa shape index (κ3) is 3.26. The van der Waals surface area contributed by atoms with Crippen molar-refractivity contribution in [2.24, 2.45) is 0 Å². The van der Waals surface area contributed by atoms with Crippen LogP contribution in [0.5, 0.6) is 0 Å². The van der Waals surface area contributed by atoms with Crippen molar-refractivity contribution in [1.29, 1.82) is 0 Å². The number of carbonyl (C=O) groups is 1. The fourth-order valence-electron chi connectivity index (χ4n) is 2.13. The maximum Gasteiger partial charge on any atom is 0.303 e. The molecule has 5 heteroatoms. The first-order chi connectivity index (χ1) is 9.11. The standard InChI is InChI=1S/C14H17ClN2O2/c1-2-3-8-17-12-5-4-10(15)9-11(12)16-13(17)6-7-14(18)19/h4-5,9H,2-3,6-8H2,1H3,(H,18,19). The molecule has 19 heavy (non-hydrogen) atoms. The Bertz CT molecular complexity index is 592. The van der Waals surface area contributed by atoms with Gasteiger partial charge in [-0.25, -0.2) is 4.98 Å². The molecule has 0 spiro atoms. The fraction of sp³-hybridized carbons (Fsp3) is 0.429. The number of nitrogens with zero attached hydrogens (tertiary/aromatic N) is 2. The van der Waals surface area contributed by atoms with Crippen molar-refractivity contribution in [3.05, 3.63) is 29.0 Å². The third-order valence-electron chi connectivity index (χ3n) is 3.09. The normalized spacial score (nSPS) is 11.1. The average molecular weight is 281 g/mol. The molecule has 0 saturated heterocycles. The van der Waals surface area contributed by atoms with Gasteiger partial charge in [0.2, 0.25) is 0 Å². The van der Waals surface area contributed by atoms with Crippen LogP contribution in [0, 0.1) is 0 Å². The van der Waals surface area contributed by atoms with Gasteiger partial charge in [-0.2, -0.15) is 0 Å². The van der Waals surface area contributed by atoms with Gasteiger partial charge >= 0.3 is 5.97 Å². The molecule has 0 aliphatic carbocycles. The molecule has 0 unspecified atom stereocenters. The van der Waals surface area contributed by atoms with E-state index in [2.05, 4.69) is 16.5 Å². The van der Waals surface area contributed by atoms with E-state index in [-0.39, 0.29) is 6.42 Å². The summed E-state index contributed by atoms with van der Waals surface area (Å²) in [6.07, 6.45) is 2.69. The van der Waals surface area contributed by atoms with E-state index in [1.807, 2.05) is 18.2 Å². The Hall–Kier alpha value is -1.55. The van der Waals surface area contributed by atoms with Crippen molar-refractivity contribution in [1.82, 2.24) is 9.55 Å². The van der Waals surface area contributed by atoms with Crippen LogP contribution in [0.4, 0.5) is 0 Å². The number of aryl methyl sites for hydroxylation is 2. The van der Waals surface area contributed by atoms with Gasteiger partial charge in [0.15, 0.2) is 0 Å². The molecule has 0 fully saturated rings. The van der Waals surface area contributed by atoms with Crippen molar-refractivity contribution in [3.63, 3.8) is 0 Å². The molecular weight excluding hydrogens is 264 g/mol. The van der Waals surface area contributed by atoms with Crippen LogP contribution in [-0.2, 0) is 17.8 Å². The van der Waals surface area contributed by atoms with Gasteiger partial charge in [0.05, 0.1) is 17.5 Å². The summed E-state index contributed by atoms with van der Waals surface area (Å²) < 4.78 is 2.11. The zero-order valence-corrected chi connectivity index (χ0v) is 11.7. The second-order valence-corrected chi connectivity index (χ2v) is 5.00. The van der Waals surface area contributed by atoms with Gasteiger partial charge in [-0.3, -0.25) is 4.79 Å². The Morgan fingerprint density at radius 1 is 1.47 bits per heavy atom. The predicted octanol–water partition coefficient (Wildman–Crippen LogP) is 3.51. The number of aromatic nitrogens is 2. The van der Waals surface area contributed by atoms with E-state index in [9.17, 15) is 4.79 Å². The lowest BCUT2D eigenvalue weighted by Crippen LogP contribution is -2.06. The molecule has 0 aliphatic heterocycles. The minimum absolute atomic E-state index is 0.100. The Morgan fingerprint density at radius 3 is 2.95 bits per heavy atom. The van der Waals surface area contributed by atoms with Gasteiger partial charge in [-0.1, -0.05) is 24.9 Å². The molecule has 1 aromatic heterocycles. The molecule has 0 saturated carbocycles. The Balaban J connectivity index is 2.38. The molecule has 2 rings (SSSR count). The van der Waals surface area contributed by atoms with Crippen LogP contribution < -0.4 is 0 Å². The minimum atomic E-state index is -0.799. The van der Waals surface area contributed by atoms with Crippen LogP contribution in [0.3, 0.4) is 0 Å². The minimum Gasteiger partial charge on any atom is -0.481 e. The first-order valence-corrected chi connectivity index (χ1v) is 6.86. The van der Waals surface area contributed by atoms with E-state index in [0.29, 0.717) is 11.4 Å². The largest absolute Gasteiger partial charge is 0.481 e. The van der Waals surface area contributed by atoms with E-state index < -0.39 is 5.97 Å². The molecule has 0 bridgehead atoms. The Labute approximate surface area is 117 Å². The van der Waals surface area contributed by atoms with Crippen LogP contribution in [0.25, 0.3) is 11.0 Å². The van der Waals surface area contributed by atoms with E-state index in [1.165, 1.54) is 0 Å². The summed E-state index contributed by atoms with van der Waals surface area (Å²) in [6, 6.07) is 5.61. The molecule has 0 atom stereocenters. The Morgan fingerprint density at radius 2 is 2.26 bits per heavy atom. The van der Waals surface area contributed by atoms with Gasteiger partial charge in [-0.05, 0) is 24.6 Å². The number of fused-ring (bicyclic) bond motifs is 1. The number of aliphatic carboxylic acids is 1. The monoisotopic (exact) mass is 280 g/mol. The van der Waals surface area contributed by atoms with E-state index in [1.54, 1.807) is 0 Å². The highest BCUT2D eigenvalue weighted by Crippen LogP contribution is 2.22. The van der Waals surface area contributed by atoms with Crippen LogP contribution in [0.2, 0.25) is 5.02 Å². The maximum atomic E-state index is 10.7. The highest BCUT2D eigenvalue weighted by molar-refractivity contribution is 6.31. The summed E-state index contributed by atoms with van der Waals surface area (Å²) in [6.45, 7) is 3.00. The summed E-state index contributed by atoms with van der Waals surface area (Å²) in [5.74, 6) is 0.0280. The molecule has 102 valence electrons. The molecular formula is C14H17ClN2O2. The zero-order valence-electron chi connectivity index (χ0n) is 10.9. The fourth-order valence-corrected chi connectivity index (χ4v) is 2.29.